The van der Waals surface area contributed by atoms with Crippen LogP contribution in [0.1, 0.15) is 25.3 Å². The summed E-state index contributed by atoms with van der Waals surface area (Å²) in [6, 6.07) is 6.97. The van der Waals surface area contributed by atoms with Gasteiger partial charge in [0.1, 0.15) is 5.75 Å². The van der Waals surface area contributed by atoms with Gasteiger partial charge in [-0.3, -0.25) is 9.59 Å². The summed E-state index contributed by atoms with van der Waals surface area (Å²) in [5.74, 6) is 0.789. The maximum atomic E-state index is 12.0. The van der Waals surface area contributed by atoms with Gasteiger partial charge in [0, 0.05) is 19.0 Å². The monoisotopic (exact) mass is 288 g/mol. The van der Waals surface area contributed by atoms with Gasteiger partial charge in [-0.1, -0.05) is 19.1 Å². The molecule has 0 aromatic heterocycles. The molecule has 3 rings (SSSR count). The minimum absolute atomic E-state index is 0.0879. The van der Waals surface area contributed by atoms with Crippen LogP contribution in [0.4, 0.5) is 0 Å². The highest BCUT2D eigenvalue weighted by atomic mass is 16.3. The largest absolute Gasteiger partial charge is 0.508 e. The Bertz CT molecular complexity index is 572. The highest BCUT2D eigenvalue weighted by molar-refractivity contribution is 5.83. The Kier molecular flexibility index (Phi) is 3.57. The van der Waals surface area contributed by atoms with Crippen molar-refractivity contribution in [1.82, 2.24) is 10.2 Å². The molecule has 5 heteroatoms. The Morgan fingerprint density at radius 2 is 2.24 bits per heavy atom. The van der Waals surface area contributed by atoms with E-state index in [4.69, 9.17) is 0 Å². The lowest BCUT2D eigenvalue weighted by Crippen LogP contribution is -2.38. The van der Waals surface area contributed by atoms with E-state index in [1.54, 1.807) is 24.3 Å². The third-order valence-electron chi connectivity index (χ3n) is 4.27. The molecule has 1 heterocycles. The highest BCUT2D eigenvalue weighted by Gasteiger charge is 2.44. The number of nitrogens with one attached hydrogen (secondary N) is 1. The molecule has 0 bridgehead atoms. The zero-order valence-corrected chi connectivity index (χ0v) is 12.1. The van der Waals surface area contributed by atoms with Gasteiger partial charge in [-0.05, 0) is 30.0 Å². The van der Waals surface area contributed by atoms with Crippen LogP contribution in [0.25, 0.3) is 0 Å². The molecule has 1 saturated heterocycles. The number of carbonyl (C=O) groups is 2. The maximum Gasteiger partial charge on any atom is 0.225 e. The standard InChI is InChI=1S/C16H20N2O3/c1-10-5-14(10)18-9-12(8-16(18)21)17-15(20)7-11-3-2-4-13(19)6-11/h2-4,6,10,12,14,19H,5,7-9H2,1H3,(H,17,20)/t10-,12-,14-/m1/s1. The van der Waals surface area contributed by atoms with Crippen molar-refractivity contribution in [3.05, 3.63) is 29.8 Å². The molecule has 21 heavy (non-hydrogen) atoms. The van der Waals surface area contributed by atoms with Gasteiger partial charge in [-0.15, -0.1) is 0 Å². The lowest BCUT2D eigenvalue weighted by atomic mass is 10.1. The molecule has 1 aliphatic carbocycles. The van der Waals surface area contributed by atoms with Crippen LogP contribution >= 0.6 is 0 Å². The molecular weight excluding hydrogens is 268 g/mol. The molecular formula is C16H20N2O3. The van der Waals surface area contributed by atoms with Crippen molar-refractivity contribution in [3.63, 3.8) is 0 Å². The third-order valence-corrected chi connectivity index (χ3v) is 4.27. The molecule has 3 atom stereocenters. The SMILES string of the molecule is C[C@@H]1C[C@H]1N1C[C@H](NC(=O)Cc2cccc(O)c2)CC1=O. The van der Waals surface area contributed by atoms with E-state index >= 15 is 0 Å². The van der Waals surface area contributed by atoms with Gasteiger partial charge < -0.3 is 15.3 Å². The first kappa shape index (κ1) is 13.9. The first-order valence-electron chi connectivity index (χ1n) is 7.39. The first-order valence-corrected chi connectivity index (χ1v) is 7.39. The minimum Gasteiger partial charge on any atom is -0.508 e. The van der Waals surface area contributed by atoms with Gasteiger partial charge in [-0.25, -0.2) is 0 Å². The molecule has 1 aliphatic heterocycles. The van der Waals surface area contributed by atoms with E-state index in [1.807, 2.05) is 4.90 Å². The normalized spacial score (nSPS) is 27.8. The molecule has 2 fully saturated rings. The molecule has 1 aromatic carbocycles. The van der Waals surface area contributed by atoms with E-state index < -0.39 is 0 Å². The number of aromatic hydroxyl groups is 1. The number of carbonyl (C=O) groups excluding carboxylic acids is 2. The summed E-state index contributed by atoms with van der Waals surface area (Å²) in [6.07, 6.45) is 1.70. The van der Waals surface area contributed by atoms with Crippen LogP contribution in [0.5, 0.6) is 5.75 Å². The Hall–Kier alpha value is -2.04. The van der Waals surface area contributed by atoms with Crippen molar-refractivity contribution in [1.29, 1.82) is 0 Å². The van der Waals surface area contributed by atoms with Crippen LogP contribution in [-0.2, 0) is 16.0 Å². The zero-order chi connectivity index (χ0) is 15.0. The van der Waals surface area contributed by atoms with E-state index in [9.17, 15) is 14.7 Å². The van der Waals surface area contributed by atoms with Crippen LogP contribution in [-0.4, -0.2) is 40.4 Å². The number of hydrogen-bond acceptors (Lipinski definition) is 3. The molecule has 5 nitrogen and oxygen atoms in total. The maximum absolute atomic E-state index is 12.0. The molecule has 112 valence electrons. The second-order valence-electron chi connectivity index (χ2n) is 6.14. The number of rotatable bonds is 4. The van der Waals surface area contributed by atoms with Crippen LogP contribution < -0.4 is 5.32 Å². The summed E-state index contributed by atoms with van der Waals surface area (Å²) in [5.41, 5.74) is 0.768. The van der Waals surface area contributed by atoms with E-state index in [0.717, 1.165) is 12.0 Å². The lowest BCUT2D eigenvalue weighted by Gasteiger charge is -2.17. The topological polar surface area (TPSA) is 69.6 Å². The Labute approximate surface area is 123 Å². The van der Waals surface area contributed by atoms with Crippen molar-refractivity contribution in [2.24, 2.45) is 5.92 Å². The number of likely N-dealkylation sites (tertiary alicyclic amines) is 1. The van der Waals surface area contributed by atoms with Crippen LogP contribution in [0.15, 0.2) is 24.3 Å². The zero-order valence-electron chi connectivity index (χ0n) is 12.1. The highest BCUT2D eigenvalue weighted by Crippen LogP contribution is 2.37. The second kappa shape index (κ2) is 5.39. The van der Waals surface area contributed by atoms with Crippen molar-refractivity contribution in [2.45, 2.75) is 38.3 Å². The van der Waals surface area contributed by atoms with Crippen molar-refractivity contribution < 1.29 is 14.7 Å². The molecule has 2 amide bonds. The van der Waals surface area contributed by atoms with Gasteiger partial charge in [0.15, 0.2) is 0 Å². The fraction of sp³-hybridized carbons (Fsp3) is 0.500. The lowest BCUT2D eigenvalue weighted by molar-refractivity contribution is -0.128. The Morgan fingerprint density at radius 3 is 2.90 bits per heavy atom. The molecule has 0 unspecified atom stereocenters. The minimum atomic E-state index is -0.107. The number of phenols is 1. The predicted molar refractivity (Wildman–Crippen MR) is 77.6 cm³/mol. The van der Waals surface area contributed by atoms with E-state index in [0.29, 0.717) is 24.9 Å². The molecule has 2 aliphatic rings. The summed E-state index contributed by atoms with van der Waals surface area (Å²) in [5, 5.41) is 12.3. The quantitative estimate of drug-likeness (QED) is 0.870. The Balaban J connectivity index is 1.52. The number of phenolic OH excluding ortho intramolecular Hbond substituents is 1. The summed E-state index contributed by atoms with van der Waals surface area (Å²) in [7, 11) is 0. The number of hydrogen-bond donors (Lipinski definition) is 2. The van der Waals surface area contributed by atoms with Gasteiger partial charge in [-0.2, -0.15) is 0 Å². The van der Waals surface area contributed by atoms with E-state index in [2.05, 4.69) is 12.2 Å². The van der Waals surface area contributed by atoms with Gasteiger partial charge in [0.2, 0.25) is 11.8 Å². The van der Waals surface area contributed by atoms with Crippen LogP contribution in [0.3, 0.4) is 0 Å². The number of nitrogens with zero attached hydrogens (tertiary/aromatic N) is 1. The average molecular weight is 288 g/mol. The molecule has 1 saturated carbocycles. The second-order valence-corrected chi connectivity index (χ2v) is 6.14. The smallest absolute Gasteiger partial charge is 0.225 e. The number of benzene rings is 1. The van der Waals surface area contributed by atoms with Gasteiger partial charge in [0.25, 0.3) is 0 Å². The predicted octanol–water partition coefficient (Wildman–Crippen LogP) is 1.06. The fourth-order valence-electron chi connectivity index (χ4n) is 3.02. The van der Waals surface area contributed by atoms with Gasteiger partial charge in [0.05, 0.1) is 12.5 Å². The van der Waals surface area contributed by atoms with Crippen LogP contribution in [0, 0.1) is 5.92 Å². The van der Waals surface area contributed by atoms with Crippen molar-refractivity contribution in [2.75, 3.05) is 6.54 Å². The molecule has 0 spiro atoms. The van der Waals surface area contributed by atoms with Gasteiger partial charge >= 0.3 is 0 Å². The summed E-state index contributed by atoms with van der Waals surface area (Å²) in [4.78, 5) is 25.9. The van der Waals surface area contributed by atoms with E-state index in [1.165, 1.54) is 0 Å². The first-order chi connectivity index (χ1) is 10.0. The molecule has 0 radical (unpaired) electrons. The summed E-state index contributed by atoms with van der Waals surface area (Å²) < 4.78 is 0. The van der Waals surface area contributed by atoms with Crippen molar-refractivity contribution >= 4 is 11.8 Å². The van der Waals surface area contributed by atoms with Crippen LogP contribution in [0.2, 0.25) is 0 Å². The van der Waals surface area contributed by atoms with Crippen molar-refractivity contribution in [3.8, 4) is 5.75 Å². The summed E-state index contributed by atoms with van der Waals surface area (Å²) in [6.45, 7) is 2.77. The van der Waals surface area contributed by atoms with E-state index in [-0.39, 0.29) is 30.0 Å². The number of amides is 2. The molecule has 2 N–H and O–H groups in total. The fourth-order valence-corrected chi connectivity index (χ4v) is 3.02. The average Bonchev–Trinajstić information content (AvgIpc) is 3.01. The Morgan fingerprint density at radius 1 is 1.48 bits per heavy atom. The third kappa shape index (κ3) is 3.17. The molecule has 1 aromatic rings. The summed E-state index contributed by atoms with van der Waals surface area (Å²) >= 11 is 0.